The summed E-state index contributed by atoms with van der Waals surface area (Å²) in [5, 5.41) is 5.80. The summed E-state index contributed by atoms with van der Waals surface area (Å²) in [5.74, 6) is 0.247. The van der Waals surface area contributed by atoms with Crippen LogP contribution in [-0.2, 0) is 4.79 Å². The molecule has 1 aliphatic rings. The number of thioether (sulfide) groups is 1. The van der Waals surface area contributed by atoms with Crippen LogP contribution < -0.4 is 10.6 Å². The van der Waals surface area contributed by atoms with Gasteiger partial charge in [-0.3, -0.25) is 10.1 Å². The third kappa shape index (κ3) is 4.56. The van der Waals surface area contributed by atoms with Gasteiger partial charge in [-0.15, -0.1) is 0 Å². The van der Waals surface area contributed by atoms with Gasteiger partial charge >= 0.3 is 6.03 Å². The molecule has 2 rings (SSSR count). The molecule has 0 radical (unpaired) electrons. The van der Waals surface area contributed by atoms with E-state index in [1.807, 2.05) is 20.0 Å². The van der Waals surface area contributed by atoms with Crippen molar-refractivity contribution >= 4 is 23.7 Å². The van der Waals surface area contributed by atoms with Crippen molar-refractivity contribution in [3.8, 4) is 0 Å². The van der Waals surface area contributed by atoms with E-state index in [-0.39, 0.29) is 11.7 Å². The number of carbonyl (C=O) groups is 2. The first-order chi connectivity index (χ1) is 9.56. The molecule has 1 heterocycles. The molecule has 2 N–H and O–H groups in total. The maximum atomic E-state index is 11.7. The lowest BCUT2D eigenvalue weighted by atomic mass is 10.2. The smallest absolute Gasteiger partial charge is 0.321 e. The van der Waals surface area contributed by atoms with Gasteiger partial charge in [-0.2, -0.15) is 0 Å². The molecule has 3 amide bonds. The minimum atomic E-state index is -0.435. The summed E-state index contributed by atoms with van der Waals surface area (Å²) in [5.41, 5.74) is 0. The first-order valence-corrected chi connectivity index (χ1v) is 7.78. The third-order valence-corrected chi connectivity index (χ3v) is 3.81. The van der Waals surface area contributed by atoms with Crippen LogP contribution in [0.25, 0.3) is 0 Å². The largest absolute Gasteiger partial charge is 0.338 e. The van der Waals surface area contributed by atoms with Gasteiger partial charge in [-0.1, -0.05) is 25.6 Å². The fraction of sp³-hybridized carbons (Fsp3) is 0.615. The van der Waals surface area contributed by atoms with E-state index in [1.165, 1.54) is 24.6 Å². The molecule has 0 saturated heterocycles. The zero-order valence-electron chi connectivity index (χ0n) is 11.8. The van der Waals surface area contributed by atoms with Crippen molar-refractivity contribution in [1.29, 1.82) is 0 Å². The second-order valence-corrected chi connectivity index (χ2v) is 6.23. The van der Waals surface area contributed by atoms with Gasteiger partial charge in [0.2, 0.25) is 5.91 Å². The van der Waals surface area contributed by atoms with E-state index in [0.29, 0.717) is 18.5 Å². The molecule has 0 spiro atoms. The summed E-state index contributed by atoms with van der Waals surface area (Å²) >= 11 is 1.36. The van der Waals surface area contributed by atoms with Gasteiger partial charge in [0.15, 0.2) is 5.16 Å². The minimum absolute atomic E-state index is 0.193. The Kier molecular flexibility index (Phi) is 5.05. The Labute approximate surface area is 122 Å². The number of rotatable bonds is 6. The van der Waals surface area contributed by atoms with Crippen LogP contribution in [-0.4, -0.2) is 33.8 Å². The highest BCUT2D eigenvalue weighted by Crippen LogP contribution is 2.37. The first kappa shape index (κ1) is 14.9. The molecule has 0 unspecified atom stereocenters. The van der Waals surface area contributed by atoms with Crippen LogP contribution in [0.3, 0.4) is 0 Å². The summed E-state index contributed by atoms with van der Waals surface area (Å²) in [6.07, 6.45) is 6.03. The van der Waals surface area contributed by atoms with Crippen molar-refractivity contribution in [2.75, 3.05) is 12.3 Å². The highest BCUT2D eigenvalue weighted by Gasteiger charge is 2.25. The molecule has 1 saturated carbocycles. The number of urea groups is 1. The number of hydrogen-bond acceptors (Lipinski definition) is 4. The number of hydrogen-bond donors (Lipinski definition) is 2. The summed E-state index contributed by atoms with van der Waals surface area (Å²) < 4.78 is 2.09. The standard InChI is InChI=1S/C13H20N4O2S/c1-9(2)7-15-12(19)16-11(18)8-20-13-14-5-6-17(13)10-3-4-10/h5-6,9-10H,3-4,7-8H2,1-2H3,(H2,15,16,18,19). The fourth-order valence-electron chi connectivity index (χ4n) is 1.68. The van der Waals surface area contributed by atoms with Crippen LogP contribution in [0.4, 0.5) is 4.79 Å². The molecule has 0 bridgehead atoms. The molecule has 0 aliphatic heterocycles. The summed E-state index contributed by atoms with van der Waals surface area (Å²) in [6.45, 7) is 4.55. The van der Waals surface area contributed by atoms with Crippen molar-refractivity contribution in [3.63, 3.8) is 0 Å². The highest BCUT2D eigenvalue weighted by molar-refractivity contribution is 7.99. The van der Waals surface area contributed by atoms with Gasteiger partial charge < -0.3 is 9.88 Å². The Morgan fingerprint density at radius 2 is 2.25 bits per heavy atom. The van der Waals surface area contributed by atoms with E-state index in [0.717, 1.165) is 5.16 Å². The summed E-state index contributed by atoms with van der Waals surface area (Å²) in [7, 11) is 0. The maximum Gasteiger partial charge on any atom is 0.321 e. The van der Waals surface area contributed by atoms with Crippen molar-refractivity contribution in [3.05, 3.63) is 12.4 Å². The SMILES string of the molecule is CC(C)CNC(=O)NC(=O)CSc1nccn1C1CC1. The fourth-order valence-corrected chi connectivity index (χ4v) is 2.50. The van der Waals surface area contributed by atoms with Crippen molar-refractivity contribution in [1.82, 2.24) is 20.2 Å². The second-order valence-electron chi connectivity index (χ2n) is 5.29. The van der Waals surface area contributed by atoms with Crippen LogP contribution in [0.2, 0.25) is 0 Å². The third-order valence-electron chi connectivity index (χ3n) is 2.83. The molecule has 7 heteroatoms. The molecule has 1 aliphatic carbocycles. The predicted octanol–water partition coefficient (Wildman–Crippen LogP) is 1.79. The number of carbonyl (C=O) groups excluding carboxylic acids is 2. The second kappa shape index (κ2) is 6.78. The number of amides is 3. The number of imide groups is 1. The molecule has 20 heavy (non-hydrogen) atoms. The van der Waals surface area contributed by atoms with Crippen LogP contribution in [0.5, 0.6) is 0 Å². The number of nitrogens with one attached hydrogen (secondary N) is 2. The summed E-state index contributed by atoms with van der Waals surface area (Å²) in [4.78, 5) is 27.3. The molecular weight excluding hydrogens is 276 g/mol. The van der Waals surface area contributed by atoms with E-state index in [4.69, 9.17) is 0 Å². The van der Waals surface area contributed by atoms with E-state index in [1.54, 1.807) is 6.20 Å². The number of nitrogens with zero attached hydrogens (tertiary/aromatic N) is 2. The Bertz CT molecular complexity index is 482. The topological polar surface area (TPSA) is 76.0 Å². The van der Waals surface area contributed by atoms with Gasteiger partial charge in [0.05, 0.1) is 5.75 Å². The van der Waals surface area contributed by atoms with Crippen molar-refractivity contribution < 1.29 is 9.59 Å². The number of imidazole rings is 1. The van der Waals surface area contributed by atoms with Gasteiger partial charge in [-0.05, 0) is 18.8 Å². The van der Waals surface area contributed by atoms with E-state index in [9.17, 15) is 9.59 Å². The van der Waals surface area contributed by atoms with E-state index >= 15 is 0 Å². The molecule has 6 nitrogen and oxygen atoms in total. The first-order valence-electron chi connectivity index (χ1n) is 6.79. The van der Waals surface area contributed by atoms with Gasteiger partial charge in [-0.25, -0.2) is 9.78 Å². The zero-order valence-corrected chi connectivity index (χ0v) is 12.6. The minimum Gasteiger partial charge on any atom is -0.338 e. The van der Waals surface area contributed by atoms with Crippen molar-refractivity contribution in [2.24, 2.45) is 5.92 Å². The normalized spacial score (nSPS) is 14.3. The molecule has 110 valence electrons. The molecule has 1 aromatic rings. The van der Waals surface area contributed by atoms with Gasteiger partial charge in [0.25, 0.3) is 0 Å². The molecule has 1 aromatic heterocycles. The Balaban J connectivity index is 1.72. The molecule has 1 fully saturated rings. The molecule has 0 aromatic carbocycles. The Morgan fingerprint density at radius 1 is 1.50 bits per heavy atom. The predicted molar refractivity (Wildman–Crippen MR) is 77.6 cm³/mol. The van der Waals surface area contributed by atoms with Crippen LogP contribution in [0.1, 0.15) is 32.7 Å². The molecule has 0 atom stereocenters. The van der Waals surface area contributed by atoms with Crippen LogP contribution >= 0.6 is 11.8 Å². The van der Waals surface area contributed by atoms with Crippen LogP contribution in [0.15, 0.2) is 17.6 Å². The summed E-state index contributed by atoms with van der Waals surface area (Å²) in [6, 6.07) is 0.104. The molecular formula is C13H20N4O2S. The van der Waals surface area contributed by atoms with Crippen LogP contribution in [0, 0.1) is 5.92 Å². The lowest BCUT2D eigenvalue weighted by Gasteiger charge is -2.08. The van der Waals surface area contributed by atoms with Gasteiger partial charge in [0, 0.05) is 25.0 Å². The lowest BCUT2D eigenvalue weighted by Crippen LogP contribution is -2.41. The van der Waals surface area contributed by atoms with Gasteiger partial charge in [0.1, 0.15) is 0 Å². The van der Waals surface area contributed by atoms with E-state index < -0.39 is 6.03 Å². The number of aromatic nitrogens is 2. The average molecular weight is 296 g/mol. The van der Waals surface area contributed by atoms with Crippen molar-refractivity contribution in [2.45, 2.75) is 37.9 Å². The lowest BCUT2D eigenvalue weighted by molar-refractivity contribution is -0.117. The monoisotopic (exact) mass is 296 g/mol. The Hall–Kier alpha value is -1.50. The zero-order chi connectivity index (χ0) is 14.5. The maximum absolute atomic E-state index is 11.7. The van der Waals surface area contributed by atoms with E-state index in [2.05, 4.69) is 20.2 Å². The highest BCUT2D eigenvalue weighted by atomic mass is 32.2. The quantitative estimate of drug-likeness (QED) is 0.785. The average Bonchev–Trinajstić information content (AvgIpc) is 3.13. The Morgan fingerprint density at radius 3 is 2.90 bits per heavy atom.